The number of halogens is 2. The summed E-state index contributed by atoms with van der Waals surface area (Å²) in [5, 5.41) is 10.5. The molecule has 1 aliphatic heterocycles. The second-order valence-electron chi connectivity index (χ2n) is 4.81. The van der Waals surface area contributed by atoms with Crippen LogP contribution in [0.4, 0.5) is 0 Å². The van der Waals surface area contributed by atoms with E-state index in [0.717, 1.165) is 13.0 Å². The molecule has 110 valence electrons. The van der Waals surface area contributed by atoms with E-state index in [1.807, 2.05) is 6.07 Å². The fourth-order valence-electron chi connectivity index (χ4n) is 2.38. The van der Waals surface area contributed by atoms with E-state index in [4.69, 9.17) is 0 Å². The van der Waals surface area contributed by atoms with E-state index in [1.165, 1.54) is 0 Å². The smallest absolute Gasteiger partial charge is 0.242 e. The van der Waals surface area contributed by atoms with Gasteiger partial charge in [0.2, 0.25) is 5.91 Å². The van der Waals surface area contributed by atoms with Crippen LogP contribution in [0.25, 0.3) is 0 Å². The van der Waals surface area contributed by atoms with Crippen LogP contribution in [0.15, 0.2) is 18.5 Å². The fourth-order valence-corrected chi connectivity index (χ4v) is 2.38. The molecule has 2 heterocycles. The number of hydrogen-bond donors (Lipinski definition) is 2. The van der Waals surface area contributed by atoms with Crippen LogP contribution < -0.4 is 10.6 Å². The summed E-state index contributed by atoms with van der Waals surface area (Å²) in [6.07, 6.45) is 4.59. The van der Waals surface area contributed by atoms with Crippen LogP contribution in [0, 0.1) is 5.92 Å². The summed E-state index contributed by atoms with van der Waals surface area (Å²) in [7, 11) is 0. The molecule has 0 bridgehead atoms. The largest absolute Gasteiger partial charge is 0.350 e. The quantitative estimate of drug-likeness (QED) is 0.883. The van der Waals surface area contributed by atoms with Gasteiger partial charge in [-0.3, -0.25) is 9.48 Å². The monoisotopic (exact) mass is 308 g/mol. The van der Waals surface area contributed by atoms with Gasteiger partial charge >= 0.3 is 0 Å². The Bertz CT molecular complexity index is 362. The highest BCUT2D eigenvalue weighted by Crippen LogP contribution is 2.15. The molecule has 0 saturated carbocycles. The Kier molecular flexibility index (Phi) is 8.06. The lowest BCUT2D eigenvalue weighted by Crippen LogP contribution is -2.56. The first-order valence-electron chi connectivity index (χ1n) is 6.17. The molecule has 0 radical (unpaired) electrons. The molecule has 5 nitrogen and oxygen atoms in total. The van der Waals surface area contributed by atoms with E-state index in [-0.39, 0.29) is 36.8 Å². The minimum atomic E-state index is 0. The average molecular weight is 309 g/mol. The minimum Gasteiger partial charge on any atom is -0.350 e. The van der Waals surface area contributed by atoms with Crippen molar-refractivity contribution >= 4 is 30.7 Å². The van der Waals surface area contributed by atoms with Gasteiger partial charge in [-0.25, -0.2) is 0 Å². The van der Waals surface area contributed by atoms with Gasteiger partial charge < -0.3 is 10.6 Å². The highest BCUT2D eigenvalue weighted by atomic mass is 35.5. The lowest BCUT2D eigenvalue weighted by atomic mass is 9.89. The summed E-state index contributed by atoms with van der Waals surface area (Å²) in [4.78, 5) is 11.9. The summed E-state index contributed by atoms with van der Waals surface area (Å²) >= 11 is 0. The minimum absolute atomic E-state index is 0. The van der Waals surface area contributed by atoms with Crippen LogP contribution in [-0.4, -0.2) is 34.3 Å². The van der Waals surface area contributed by atoms with Crippen LogP contribution in [0.2, 0.25) is 0 Å². The molecule has 0 spiro atoms. The van der Waals surface area contributed by atoms with Gasteiger partial charge in [-0.15, -0.1) is 24.8 Å². The van der Waals surface area contributed by atoms with Crippen molar-refractivity contribution in [3.63, 3.8) is 0 Å². The molecule has 0 aliphatic carbocycles. The maximum atomic E-state index is 11.9. The zero-order chi connectivity index (χ0) is 12.3. The van der Waals surface area contributed by atoms with Crippen molar-refractivity contribution in [1.29, 1.82) is 0 Å². The van der Waals surface area contributed by atoms with Crippen molar-refractivity contribution < 1.29 is 4.79 Å². The molecule has 0 aromatic carbocycles. The maximum absolute atomic E-state index is 11.9. The SMILES string of the molecule is CC1CCNC(C)C1NC(=O)Cn1cccn1.Cl.Cl. The normalized spacial score (nSPS) is 25.9. The van der Waals surface area contributed by atoms with Gasteiger partial charge in [-0.2, -0.15) is 5.10 Å². The second-order valence-corrected chi connectivity index (χ2v) is 4.81. The summed E-state index contributed by atoms with van der Waals surface area (Å²) in [6, 6.07) is 2.37. The van der Waals surface area contributed by atoms with Crippen molar-refractivity contribution in [1.82, 2.24) is 20.4 Å². The van der Waals surface area contributed by atoms with E-state index in [9.17, 15) is 4.79 Å². The first kappa shape index (κ1) is 18.2. The third kappa shape index (κ3) is 5.01. The number of nitrogens with zero attached hydrogens (tertiary/aromatic N) is 2. The molecule has 1 fully saturated rings. The average Bonchev–Trinajstić information content (AvgIpc) is 2.76. The lowest BCUT2D eigenvalue weighted by Gasteiger charge is -2.35. The van der Waals surface area contributed by atoms with Crippen molar-refractivity contribution in [2.75, 3.05) is 6.54 Å². The Morgan fingerprint density at radius 2 is 2.21 bits per heavy atom. The molecule has 1 aliphatic rings. The van der Waals surface area contributed by atoms with Crippen LogP contribution in [0.1, 0.15) is 20.3 Å². The predicted molar refractivity (Wildman–Crippen MR) is 79.9 cm³/mol. The number of carbonyl (C=O) groups is 1. The topological polar surface area (TPSA) is 58.9 Å². The first-order valence-corrected chi connectivity index (χ1v) is 6.17. The van der Waals surface area contributed by atoms with Crippen molar-refractivity contribution in [2.45, 2.75) is 38.9 Å². The number of rotatable bonds is 3. The van der Waals surface area contributed by atoms with E-state index in [1.54, 1.807) is 17.1 Å². The third-order valence-corrected chi connectivity index (χ3v) is 3.41. The molecular formula is C12H22Cl2N4O. The number of aromatic nitrogens is 2. The molecule has 19 heavy (non-hydrogen) atoms. The standard InChI is InChI=1S/C12H20N4O.2ClH/c1-9-4-6-13-10(2)12(9)15-11(17)8-16-7-3-5-14-16;;/h3,5,7,9-10,12-13H,4,6,8H2,1-2H3,(H,15,17);2*1H. The van der Waals surface area contributed by atoms with E-state index in [2.05, 4.69) is 29.6 Å². The second kappa shape index (κ2) is 8.40. The van der Waals surface area contributed by atoms with E-state index in [0.29, 0.717) is 18.5 Å². The molecule has 1 aromatic rings. The summed E-state index contributed by atoms with van der Waals surface area (Å²) in [5.41, 5.74) is 0. The van der Waals surface area contributed by atoms with Crippen LogP contribution >= 0.6 is 24.8 Å². The van der Waals surface area contributed by atoms with E-state index >= 15 is 0 Å². The van der Waals surface area contributed by atoms with Crippen molar-refractivity contribution in [3.05, 3.63) is 18.5 Å². The predicted octanol–water partition coefficient (Wildman–Crippen LogP) is 1.23. The van der Waals surface area contributed by atoms with Gasteiger partial charge in [0.1, 0.15) is 6.54 Å². The maximum Gasteiger partial charge on any atom is 0.242 e. The summed E-state index contributed by atoms with van der Waals surface area (Å²) < 4.78 is 1.64. The molecule has 1 aromatic heterocycles. The molecule has 2 rings (SSSR count). The van der Waals surface area contributed by atoms with Gasteiger partial charge in [0, 0.05) is 24.5 Å². The van der Waals surface area contributed by atoms with Crippen molar-refractivity contribution in [2.24, 2.45) is 5.92 Å². The molecule has 1 saturated heterocycles. The highest BCUT2D eigenvalue weighted by molar-refractivity contribution is 5.85. The summed E-state index contributed by atoms with van der Waals surface area (Å²) in [6.45, 7) is 5.64. The molecule has 1 amide bonds. The molecule has 2 N–H and O–H groups in total. The summed E-state index contributed by atoms with van der Waals surface area (Å²) in [5.74, 6) is 0.550. The Labute approximate surface area is 126 Å². The Morgan fingerprint density at radius 3 is 2.79 bits per heavy atom. The first-order chi connectivity index (χ1) is 8.16. The fraction of sp³-hybridized carbons (Fsp3) is 0.667. The number of carbonyl (C=O) groups excluding carboxylic acids is 1. The van der Waals surface area contributed by atoms with Crippen molar-refractivity contribution in [3.8, 4) is 0 Å². The number of hydrogen-bond acceptors (Lipinski definition) is 3. The third-order valence-electron chi connectivity index (χ3n) is 3.41. The van der Waals surface area contributed by atoms with Crippen LogP contribution in [0.3, 0.4) is 0 Å². The molecule has 3 unspecified atom stereocenters. The zero-order valence-corrected chi connectivity index (χ0v) is 12.8. The number of amides is 1. The Balaban J connectivity index is 0.00000162. The van der Waals surface area contributed by atoms with Gasteiger partial charge in [-0.1, -0.05) is 6.92 Å². The zero-order valence-electron chi connectivity index (χ0n) is 11.2. The molecular weight excluding hydrogens is 287 g/mol. The van der Waals surface area contributed by atoms with Gasteiger partial charge in [0.05, 0.1) is 0 Å². The molecule has 3 atom stereocenters. The van der Waals surface area contributed by atoms with Crippen LogP contribution in [0.5, 0.6) is 0 Å². The molecule has 7 heteroatoms. The van der Waals surface area contributed by atoms with Crippen LogP contribution in [-0.2, 0) is 11.3 Å². The van der Waals surface area contributed by atoms with Gasteiger partial charge in [0.15, 0.2) is 0 Å². The highest BCUT2D eigenvalue weighted by Gasteiger charge is 2.28. The van der Waals surface area contributed by atoms with Gasteiger partial charge in [-0.05, 0) is 31.9 Å². The van der Waals surface area contributed by atoms with Gasteiger partial charge in [0.25, 0.3) is 0 Å². The Hall–Kier alpha value is -0.780. The number of piperidine rings is 1. The van der Waals surface area contributed by atoms with E-state index < -0.39 is 0 Å². The Morgan fingerprint density at radius 1 is 1.47 bits per heavy atom. The lowest BCUT2D eigenvalue weighted by molar-refractivity contribution is -0.123. The number of nitrogens with one attached hydrogen (secondary N) is 2.